The number of piperidine rings is 1. The minimum Gasteiger partial charge on any atom is -0.444 e. The van der Waals surface area contributed by atoms with Gasteiger partial charge < -0.3 is 15.8 Å². The van der Waals surface area contributed by atoms with Crippen LogP contribution in [0.15, 0.2) is 42.5 Å². The minimum atomic E-state index is -0.637. The zero-order valence-electron chi connectivity index (χ0n) is 19.8. The molecule has 2 amide bonds. The molecule has 2 atom stereocenters. The van der Waals surface area contributed by atoms with E-state index in [0.29, 0.717) is 24.9 Å². The Kier molecular flexibility index (Phi) is 7.90. The highest BCUT2D eigenvalue weighted by Gasteiger charge is 2.35. The molecule has 1 saturated heterocycles. The normalized spacial score (nSPS) is 16.9. The number of carbonyl (C=O) groups excluding carboxylic acids is 2. The molecule has 3 N–H and O–H groups in total. The molecule has 1 heterocycles. The summed E-state index contributed by atoms with van der Waals surface area (Å²) < 4.78 is 19.4. The molecule has 7 nitrogen and oxygen atoms in total. The fraction of sp³-hybridized carbons (Fsp3) is 0.423. The van der Waals surface area contributed by atoms with E-state index >= 15 is 0 Å². The third-order valence-corrected chi connectivity index (χ3v) is 5.59. The predicted molar refractivity (Wildman–Crippen MR) is 127 cm³/mol. The fourth-order valence-corrected chi connectivity index (χ4v) is 3.95. The predicted octanol–water partition coefficient (Wildman–Crippen LogP) is 4.10. The lowest BCUT2D eigenvalue weighted by atomic mass is 10.00. The third-order valence-electron chi connectivity index (χ3n) is 5.59. The van der Waals surface area contributed by atoms with Crippen molar-refractivity contribution in [2.24, 2.45) is 5.73 Å². The van der Waals surface area contributed by atoms with Gasteiger partial charge in [0.25, 0.3) is 0 Å². The van der Waals surface area contributed by atoms with E-state index < -0.39 is 29.7 Å². The monoisotopic (exact) mass is 466 g/mol. The smallest absolute Gasteiger partial charge is 0.410 e. The van der Waals surface area contributed by atoms with E-state index in [2.05, 4.69) is 5.32 Å². The molecular weight excluding hydrogens is 435 g/mol. The number of halogens is 1. The van der Waals surface area contributed by atoms with Gasteiger partial charge in [0.2, 0.25) is 5.91 Å². The van der Waals surface area contributed by atoms with Crippen molar-refractivity contribution in [3.8, 4) is 17.2 Å². The Labute approximate surface area is 199 Å². The van der Waals surface area contributed by atoms with Crippen molar-refractivity contribution in [2.45, 2.75) is 64.3 Å². The summed E-state index contributed by atoms with van der Waals surface area (Å²) >= 11 is 0. The first-order valence-electron chi connectivity index (χ1n) is 11.4. The van der Waals surface area contributed by atoms with Gasteiger partial charge in [-0.15, -0.1) is 0 Å². The Morgan fingerprint density at radius 2 is 1.88 bits per heavy atom. The van der Waals surface area contributed by atoms with E-state index in [1.807, 2.05) is 30.3 Å². The van der Waals surface area contributed by atoms with Gasteiger partial charge in [-0.25, -0.2) is 9.18 Å². The van der Waals surface area contributed by atoms with Gasteiger partial charge in [0.05, 0.1) is 11.7 Å². The molecule has 0 bridgehead atoms. The Morgan fingerprint density at radius 1 is 1.21 bits per heavy atom. The second-order valence-electron chi connectivity index (χ2n) is 9.51. The Morgan fingerprint density at radius 3 is 2.50 bits per heavy atom. The maximum atomic E-state index is 13.9. The number of nitrogens with zero attached hydrogens (tertiary/aromatic N) is 2. The average molecular weight is 467 g/mol. The van der Waals surface area contributed by atoms with Crippen LogP contribution in [0.25, 0.3) is 11.1 Å². The van der Waals surface area contributed by atoms with E-state index in [4.69, 9.17) is 15.7 Å². The lowest BCUT2D eigenvalue weighted by Gasteiger charge is -2.36. The number of ether oxygens (including phenoxy) is 1. The van der Waals surface area contributed by atoms with Crippen LogP contribution in [0, 0.1) is 17.1 Å². The lowest BCUT2D eigenvalue weighted by Crippen LogP contribution is -2.56. The average Bonchev–Trinajstić information content (AvgIpc) is 2.78. The second kappa shape index (κ2) is 10.7. The summed E-state index contributed by atoms with van der Waals surface area (Å²) in [6, 6.07) is 13.1. The first-order chi connectivity index (χ1) is 16.1. The van der Waals surface area contributed by atoms with E-state index in [1.54, 1.807) is 26.8 Å². The van der Waals surface area contributed by atoms with Crippen LogP contribution in [-0.2, 0) is 16.0 Å². The number of amides is 2. The maximum absolute atomic E-state index is 13.9. The highest BCUT2D eigenvalue weighted by Crippen LogP contribution is 2.23. The van der Waals surface area contributed by atoms with Crippen molar-refractivity contribution in [3.63, 3.8) is 0 Å². The molecule has 0 aromatic heterocycles. The van der Waals surface area contributed by atoms with Gasteiger partial charge in [-0.1, -0.05) is 30.3 Å². The minimum absolute atomic E-state index is 0.00489. The molecule has 2 aromatic carbocycles. The molecule has 1 fully saturated rings. The maximum Gasteiger partial charge on any atom is 0.410 e. The number of carbonyl (C=O) groups is 2. The molecule has 3 rings (SSSR count). The van der Waals surface area contributed by atoms with E-state index in [0.717, 1.165) is 24.0 Å². The van der Waals surface area contributed by atoms with Crippen LogP contribution in [-0.4, -0.2) is 41.3 Å². The summed E-state index contributed by atoms with van der Waals surface area (Å²) in [4.78, 5) is 27.0. The van der Waals surface area contributed by atoms with Crippen molar-refractivity contribution >= 4 is 12.0 Å². The number of nitrogens with two attached hydrogens (primary N) is 1. The van der Waals surface area contributed by atoms with Crippen molar-refractivity contribution in [1.82, 2.24) is 10.2 Å². The quantitative estimate of drug-likeness (QED) is 0.645. The largest absolute Gasteiger partial charge is 0.444 e. The van der Waals surface area contributed by atoms with Crippen LogP contribution >= 0.6 is 0 Å². The molecule has 8 heteroatoms. The zero-order chi connectivity index (χ0) is 24.9. The van der Waals surface area contributed by atoms with Crippen LogP contribution in [0.5, 0.6) is 0 Å². The summed E-state index contributed by atoms with van der Waals surface area (Å²) in [5.41, 5.74) is 7.93. The molecule has 1 aliphatic heterocycles. The van der Waals surface area contributed by atoms with Crippen molar-refractivity contribution in [1.29, 1.82) is 5.26 Å². The Hall–Kier alpha value is -3.44. The molecule has 2 aromatic rings. The lowest BCUT2D eigenvalue weighted by molar-refractivity contribution is -0.128. The molecule has 1 aliphatic rings. The highest BCUT2D eigenvalue weighted by atomic mass is 19.1. The van der Waals surface area contributed by atoms with Gasteiger partial charge in [0, 0.05) is 13.0 Å². The van der Waals surface area contributed by atoms with Crippen LogP contribution in [0.4, 0.5) is 9.18 Å². The summed E-state index contributed by atoms with van der Waals surface area (Å²) in [6.45, 7) is 5.86. The SMILES string of the molecule is CC(C)(C)OC(=O)N1CCCC[C@H]1C(=O)N[C@H](N)Cc1ccc(-c2ccc(C#N)c(F)c2)cc1. The van der Waals surface area contributed by atoms with Gasteiger partial charge in [0.15, 0.2) is 0 Å². The molecule has 34 heavy (non-hydrogen) atoms. The van der Waals surface area contributed by atoms with E-state index in [-0.39, 0.29) is 11.5 Å². The summed E-state index contributed by atoms with van der Waals surface area (Å²) in [5.74, 6) is -0.848. The van der Waals surface area contributed by atoms with Crippen LogP contribution in [0.2, 0.25) is 0 Å². The Bertz CT molecular complexity index is 1070. The van der Waals surface area contributed by atoms with Gasteiger partial charge in [-0.2, -0.15) is 5.26 Å². The second-order valence-corrected chi connectivity index (χ2v) is 9.51. The number of likely N-dealkylation sites (tertiary alicyclic amines) is 1. The van der Waals surface area contributed by atoms with Gasteiger partial charge in [-0.05, 0) is 68.9 Å². The van der Waals surface area contributed by atoms with Crippen LogP contribution in [0.1, 0.15) is 51.2 Å². The molecule has 0 radical (unpaired) electrons. The molecule has 0 spiro atoms. The highest BCUT2D eigenvalue weighted by molar-refractivity contribution is 5.86. The van der Waals surface area contributed by atoms with Crippen molar-refractivity contribution in [2.75, 3.05) is 6.54 Å². The molecule has 180 valence electrons. The number of nitrogens with one attached hydrogen (secondary N) is 1. The fourth-order valence-electron chi connectivity index (χ4n) is 3.95. The number of nitriles is 1. The molecule has 0 unspecified atom stereocenters. The molecule has 0 saturated carbocycles. The van der Waals surface area contributed by atoms with Crippen LogP contribution in [0.3, 0.4) is 0 Å². The topological polar surface area (TPSA) is 108 Å². The van der Waals surface area contributed by atoms with Crippen LogP contribution < -0.4 is 11.1 Å². The molecular formula is C26H31FN4O3. The Balaban J connectivity index is 1.60. The molecule has 0 aliphatic carbocycles. The summed E-state index contributed by atoms with van der Waals surface area (Å²) in [7, 11) is 0. The van der Waals surface area contributed by atoms with Gasteiger partial charge in [-0.3, -0.25) is 9.69 Å². The number of hydrogen-bond donors (Lipinski definition) is 2. The van der Waals surface area contributed by atoms with Gasteiger partial charge >= 0.3 is 6.09 Å². The summed E-state index contributed by atoms with van der Waals surface area (Å²) in [6.07, 6.45) is 1.51. The van der Waals surface area contributed by atoms with E-state index in [9.17, 15) is 14.0 Å². The standard InChI is InChI=1S/C26H31FN4O3/c1-26(2,3)34-25(33)31-13-5-4-6-22(31)24(32)30-23(29)14-17-7-9-18(10-8-17)19-11-12-20(16-28)21(27)15-19/h7-12,15,22-23H,4-6,13-14,29H2,1-3H3,(H,30,32)/t22-,23-/m0/s1. The number of benzene rings is 2. The van der Waals surface area contributed by atoms with Gasteiger partial charge in [0.1, 0.15) is 23.5 Å². The van der Waals surface area contributed by atoms with Crippen molar-refractivity contribution < 1.29 is 18.7 Å². The summed E-state index contributed by atoms with van der Waals surface area (Å²) in [5, 5.41) is 11.7. The zero-order valence-corrected chi connectivity index (χ0v) is 19.8. The van der Waals surface area contributed by atoms with E-state index in [1.165, 1.54) is 17.0 Å². The third kappa shape index (κ3) is 6.55. The first kappa shape index (κ1) is 25.2. The van der Waals surface area contributed by atoms with Crippen molar-refractivity contribution in [3.05, 3.63) is 59.4 Å². The number of rotatable bonds is 5. The number of hydrogen-bond acceptors (Lipinski definition) is 5. The first-order valence-corrected chi connectivity index (χ1v) is 11.4.